The predicted molar refractivity (Wildman–Crippen MR) is 95.4 cm³/mol. The molecule has 1 amide bonds. The summed E-state index contributed by atoms with van der Waals surface area (Å²) in [5.74, 6) is 0.0608. The van der Waals surface area contributed by atoms with Crippen LogP contribution in [0.2, 0.25) is 5.02 Å². The van der Waals surface area contributed by atoms with Crippen LogP contribution < -0.4 is 5.32 Å². The van der Waals surface area contributed by atoms with Crippen LogP contribution in [-0.4, -0.2) is 25.9 Å². The zero-order valence-electron chi connectivity index (χ0n) is 14.0. The predicted octanol–water partition coefficient (Wildman–Crippen LogP) is 4.56. The normalized spacial score (nSPS) is 12.7. The molecule has 0 bridgehead atoms. The Bertz CT molecular complexity index is 822. The summed E-state index contributed by atoms with van der Waals surface area (Å²) in [6, 6.07) is 3.19. The Morgan fingerprint density at radius 2 is 2.15 bits per heavy atom. The Morgan fingerprint density at radius 1 is 1.46 bits per heavy atom. The van der Waals surface area contributed by atoms with Crippen molar-refractivity contribution in [2.24, 2.45) is 0 Å². The van der Waals surface area contributed by atoms with Gasteiger partial charge in [0.15, 0.2) is 5.16 Å². The first kappa shape index (κ1) is 20.3. The number of halogens is 4. The molecule has 0 spiro atoms. The van der Waals surface area contributed by atoms with Crippen molar-refractivity contribution < 1.29 is 18.0 Å². The van der Waals surface area contributed by atoms with E-state index in [1.807, 2.05) is 0 Å². The standard InChI is InChI=1S/C16H16ClF3N4OS/c1-4-7-24-10(3)22-23-15(24)26-9(2)14(25)21-13-6-5-11(17)8-12(13)16(18,19)20/h4-6,8-9H,1,7H2,2-3H3,(H,21,25). The summed E-state index contributed by atoms with van der Waals surface area (Å²) in [4.78, 5) is 12.3. The molecule has 1 aromatic heterocycles. The average Bonchev–Trinajstić information content (AvgIpc) is 2.89. The van der Waals surface area contributed by atoms with Gasteiger partial charge in [-0.25, -0.2) is 0 Å². The number of allylic oxidation sites excluding steroid dienone is 1. The van der Waals surface area contributed by atoms with Crippen molar-refractivity contribution in [1.29, 1.82) is 0 Å². The summed E-state index contributed by atoms with van der Waals surface area (Å²) in [5.41, 5.74) is -1.34. The van der Waals surface area contributed by atoms with Crippen LogP contribution in [0.5, 0.6) is 0 Å². The number of anilines is 1. The maximum atomic E-state index is 13.1. The molecule has 0 fully saturated rings. The number of nitrogens with zero attached hydrogens (tertiary/aromatic N) is 3. The molecule has 0 aliphatic carbocycles. The third kappa shape index (κ3) is 4.79. The van der Waals surface area contributed by atoms with Gasteiger partial charge in [0.05, 0.1) is 16.5 Å². The molecule has 1 aromatic carbocycles. The SMILES string of the molecule is C=CCn1c(C)nnc1SC(C)C(=O)Nc1ccc(Cl)cc1C(F)(F)F. The molecule has 0 saturated carbocycles. The number of alkyl halides is 3. The number of carbonyl (C=O) groups excluding carboxylic acids is 1. The molecule has 0 aliphatic rings. The Hall–Kier alpha value is -2.00. The van der Waals surface area contributed by atoms with Crippen molar-refractivity contribution in [1.82, 2.24) is 14.8 Å². The fourth-order valence-corrected chi connectivity index (χ4v) is 3.17. The lowest BCUT2D eigenvalue weighted by Gasteiger charge is -2.16. The van der Waals surface area contributed by atoms with E-state index in [4.69, 9.17) is 11.6 Å². The number of carbonyl (C=O) groups is 1. The summed E-state index contributed by atoms with van der Waals surface area (Å²) < 4.78 is 41.1. The maximum absolute atomic E-state index is 13.1. The molecule has 2 rings (SSSR count). The van der Waals surface area contributed by atoms with E-state index in [9.17, 15) is 18.0 Å². The van der Waals surface area contributed by atoms with Gasteiger partial charge < -0.3 is 9.88 Å². The van der Waals surface area contributed by atoms with Gasteiger partial charge in [-0.15, -0.1) is 16.8 Å². The molecular formula is C16H16ClF3N4OS. The van der Waals surface area contributed by atoms with Gasteiger partial charge in [-0.05, 0) is 32.0 Å². The van der Waals surface area contributed by atoms with Crippen LogP contribution in [0.25, 0.3) is 0 Å². The lowest BCUT2D eigenvalue weighted by Crippen LogP contribution is -2.24. The number of aryl methyl sites for hydroxylation is 1. The molecule has 0 aliphatic heterocycles. The second-order valence-electron chi connectivity index (χ2n) is 5.37. The number of hydrogen-bond acceptors (Lipinski definition) is 4. The monoisotopic (exact) mass is 404 g/mol. The summed E-state index contributed by atoms with van der Waals surface area (Å²) in [6.45, 7) is 7.44. The van der Waals surface area contributed by atoms with Crippen molar-refractivity contribution in [2.75, 3.05) is 5.32 Å². The van der Waals surface area contributed by atoms with Crippen LogP contribution in [0, 0.1) is 6.92 Å². The van der Waals surface area contributed by atoms with Gasteiger partial charge in [0.1, 0.15) is 5.82 Å². The lowest BCUT2D eigenvalue weighted by molar-refractivity contribution is -0.137. The van der Waals surface area contributed by atoms with E-state index in [-0.39, 0.29) is 10.7 Å². The van der Waals surface area contributed by atoms with Crippen LogP contribution in [-0.2, 0) is 17.5 Å². The molecule has 140 valence electrons. The number of benzene rings is 1. The van der Waals surface area contributed by atoms with E-state index in [2.05, 4.69) is 22.1 Å². The first-order valence-corrected chi connectivity index (χ1v) is 8.74. The number of rotatable bonds is 6. The van der Waals surface area contributed by atoms with Crippen LogP contribution >= 0.6 is 23.4 Å². The Kier molecular flexibility index (Phi) is 6.35. The Balaban J connectivity index is 2.17. The molecule has 2 aromatic rings. The molecule has 1 atom stereocenters. The third-order valence-corrected chi connectivity index (χ3v) is 4.73. The highest BCUT2D eigenvalue weighted by Gasteiger charge is 2.34. The highest BCUT2D eigenvalue weighted by atomic mass is 35.5. The first-order valence-electron chi connectivity index (χ1n) is 7.48. The first-order chi connectivity index (χ1) is 12.1. The van der Waals surface area contributed by atoms with Gasteiger partial charge in [-0.2, -0.15) is 13.2 Å². The summed E-state index contributed by atoms with van der Waals surface area (Å²) in [6.07, 6.45) is -2.97. The molecular weight excluding hydrogens is 389 g/mol. The molecule has 1 unspecified atom stereocenters. The van der Waals surface area contributed by atoms with Crippen molar-refractivity contribution in [3.8, 4) is 0 Å². The average molecular weight is 405 g/mol. The molecule has 1 N–H and O–H groups in total. The molecule has 10 heteroatoms. The van der Waals surface area contributed by atoms with Gasteiger partial charge in [0.25, 0.3) is 0 Å². The molecule has 26 heavy (non-hydrogen) atoms. The van der Waals surface area contributed by atoms with E-state index < -0.39 is 22.9 Å². The van der Waals surface area contributed by atoms with Crippen molar-refractivity contribution in [3.63, 3.8) is 0 Å². The van der Waals surface area contributed by atoms with Gasteiger partial charge in [0, 0.05) is 11.6 Å². The minimum Gasteiger partial charge on any atom is -0.325 e. The van der Waals surface area contributed by atoms with E-state index in [1.54, 1.807) is 24.5 Å². The van der Waals surface area contributed by atoms with Gasteiger partial charge in [-0.1, -0.05) is 29.4 Å². The maximum Gasteiger partial charge on any atom is 0.418 e. The molecule has 0 saturated heterocycles. The summed E-state index contributed by atoms with van der Waals surface area (Å²) >= 11 is 6.73. The largest absolute Gasteiger partial charge is 0.418 e. The van der Waals surface area contributed by atoms with E-state index in [1.165, 1.54) is 6.07 Å². The third-order valence-electron chi connectivity index (χ3n) is 3.41. The topological polar surface area (TPSA) is 59.8 Å². The number of hydrogen-bond donors (Lipinski definition) is 1. The summed E-state index contributed by atoms with van der Waals surface area (Å²) in [5, 5.41) is 9.95. The Morgan fingerprint density at radius 3 is 2.77 bits per heavy atom. The van der Waals surface area contributed by atoms with Gasteiger partial charge in [-0.3, -0.25) is 4.79 Å². The van der Waals surface area contributed by atoms with Gasteiger partial charge >= 0.3 is 6.18 Å². The number of aromatic nitrogens is 3. The van der Waals surface area contributed by atoms with Crippen LogP contribution in [0.15, 0.2) is 36.0 Å². The van der Waals surface area contributed by atoms with Crippen LogP contribution in [0.3, 0.4) is 0 Å². The van der Waals surface area contributed by atoms with Gasteiger partial charge in [0.2, 0.25) is 5.91 Å². The smallest absolute Gasteiger partial charge is 0.325 e. The summed E-state index contributed by atoms with van der Waals surface area (Å²) in [7, 11) is 0. The fraction of sp³-hybridized carbons (Fsp3) is 0.312. The van der Waals surface area contributed by atoms with E-state index in [0.717, 1.165) is 23.9 Å². The number of thioether (sulfide) groups is 1. The quantitative estimate of drug-likeness (QED) is 0.566. The number of nitrogens with one attached hydrogen (secondary N) is 1. The zero-order chi connectivity index (χ0) is 19.5. The van der Waals surface area contributed by atoms with E-state index >= 15 is 0 Å². The van der Waals surface area contributed by atoms with Crippen molar-refractivity contribution in [2.45, 2.75) is 37.0 Å². The highest BCUT2D eigenvalue weighted by molar-refractivity contribution is 8.00. The second-order valence-corrected chi connectivity index (χ2v) is 7.11. The lowest BCUT2D eigenvalue weighted by atomic mass is 10.1. The highest BCUT2D eigenvalue weighted by Crippen LogP contribution is 2.37. The zero-order valence-corrected chi connectivity index (χ0v) is 15.5. The second kappa shape index (κ2) is 8.13. The minimum absolute atomic E-state index is 0.0641. The van der Waals surface area contributed by atoms with Crippen LogP contribution in [0.4, 0.5) is 18.9 Å². The minimum atomic E-state index is -4.63. The fourth-order valence-electron chi connectivity index (χ4n) is 2.09. The van der Waals surface area contributed by atoms with Crippen molar-refractivity contribution >= 4 is 35.0 Å². The molecule has 0 radical (unpaired) electrons. The Labute approximate surface area is 157 Å². The van der Waals surface area contributed by atoms with E-state index in [0.29, 0.717) is 17.5 Å². The molecule has 5 nitrogen and oxygen atoms in total. The molecule has 1 heterocycles. The van der Waals surface area contributed by atoms with Crippen LogP contribution in [0.1, 0.15) is 18.3 Å². The number of amides is 1. The van der Waals surface area contributed by atoms with Crippen molar-refractivity contribution in [3.05, 3.63) is 47.3 Å².